The highest BCUT2D eigenvalue weighted by Gasteiger charge is 2.53. The Morgan fingerprint density at radius 3 is 2.51 bits per heavy atom. The lowest BCUT2D eigenvalue weighted by Crippen LogP contribution is -2.59. The number of likely N-dealkylation sites (tertiary alicyclic amines) is 1. The molecule has 1 saturated heterocycles. The van der Waals surface area contributed by atoms with Crippen molar-refractivity contribution in [2.24, 2.45) is 5.41 Å². The molecule has 2 heterocycles. The van der Waals surface area contributed by atoms with Crippen molar-refractivity contribution in [1.29, 1.82) is 0 Å². The average Bonchev–Trinajstić information content (AvgIpc) is 3.16. The second-order valence-corrected chi connectivity index (χ2v) is 11.4. The number of carbonyl (C=O) groups excluding carboxylic acids is 1. The third-order valence-corrected chi connectivity index (χ3v) is 8.15. The van der Waals surface area contributed by atoms with Crippen LogP contribution >= 0.6 is 0 Å². The summed E-state index contributed by atoms with van der Waals surface area (Å²) in [5.74, 6) is -1.05. The Morgan fingerprint density at radius 2 is 1.89 bits per heavy atom. The minimum atomic E-state index is -4.53. The minimum Gasteiger partial charge on any atom is -0.481 e. The number of amides is 1. The van der Waals surface area contributed by atoms with Gasteiger partial charge in [-0.3, -0.25) is 14.5 Å². The number of anilines is 1. The summed E-state index contributed by atoms with van der Waals surface area (Å²) in [6.45, 7) is 8.35. The van der Waals surface area contributed by atoms with Gasteiger partial charge in [0.05, 0.1) is 16.5 Å². The predicted molar refractivity (Wildman–Crippen MR) is 133 cm³/mol. The molecule has 2 aromatic rings. The van der Waals surface area contributed by atoms with Gasteiger partial charge in [-0.25, -0.2) is 9.97 Å². The number of aromatic nitrogens is 2. The zero-order valence-electron chi connectivity index (χ0n) is 21.8. The highest BCUT2D eigenvalue weighted by Crippen LogP contribution is 2.43. The van der Waals surface area contributed by atoms with Crippen molar-refractivity contribution in [2.75, 3.05) is 18.9 Å². The van der Waals surface area contributed by atoms with Crippen LogP contribution in [0.25, 0.3) is 10.9 Å². The van der Waals surface area contributed by atoms with Gasteiger partial charge >= 0.3 is 12.1 Å². The summed E-state index contributed by atoms with van der Waals surface area (Å²) in [6, 6.07) is 2.08. The van der Waals surface area contributed by atoms with Crippen molar-refractivity contribution >= 4 is 28.6 Å². The van der Waals surface area contributed by atoms with E-state index in [1.165, 1.54) is 12.4 Å². The van der Waals surface area contributed by atoms with E-state index in [1.54, 1.807) is 11.8 Å². The lowest BCUT2D eigenvalue weighted by molar-refractivity contribution is -0.159. The summed E-state index contributed by atoms with van der Waals surface area (Å²) >= 11 is 0. The Labute approximate surface area is 214 Å². The molecule has 37 heavy (non-hydrogen) atoms. The standard InChI is InChI=1S/C26H34F3N5O3/c1-24(2,3)33(5)16-7-9-20(25(4,13-16)23(36)37)34-11-10-19(22(34)35)32-21-17-12-15(26(27,28)29)6-8-18(17)30-14-31-21/h6,8,12,14,16,19-20H,7,9-11,13H2,1-5H3,(H,36,37)(H,30,31,32)/t16?,19-,20?,25?/m0/s1. The number of carboxylic acids is 1. The lowest BCUT2D eigenvalue weighted by Gasteiger charge is -2.50. The molecule has 2 N–H and O–H groups in total. The van der Waals surface area contributed by atoms with Crippen LogP contribution in [-0.2, 0) is 15.8 Å². The average molecular weight is 522 g/mol. The van der Waals surface area contributed by atoms with Crippen LogP contribution in [0.1, 0.15) is 58.9 Å². The maximum atomic E-state index is 13.5. The highest BCUT2D eigenvalue weighted by atomic mass is 19.4. The second-order valence-electron chi connectivity index (χ2n) is 11.4. The molecule has 3 unspecified atom stereocenters. The number of carboxylic acid groups (broad SMARTS) is 1. The van der Waals surface area contributed by atoms with Crippen molar-refractivity contribution in [2.45, 2.75) is 83.2 Å². The van der Waals surface area contributed by atoms with E-state index in [-0.39, 0.29) is 28.7 Å². The topological polar surface area (TPSA) is 98.7 Å². The van der Waals surface area contributed by atoms with E-state index < -0.39 is 35.2 Å². The smallest absolute Gasteiger partial charge is 0.416 e. The van der Waals surface area contributed by atoms with E-state index in [0.717, 1.165) is 18.6 Å². The van der Waals surface area contributed by atoms with Gasteiger partial charge in [-0.1, -0.05) is 0 Å². The van der Waals surface area contributed by atoms with Crippen LogP contribution < -0.4 is 5.32 Å². The maximum Gasteiger partial charge on any atom is 0.416 e. The number of nitrogens with zero attached hydrogens (tertiary/aromatic N) is 4. The van der Waals surface area contributed by atoms with Crippen molar-refractivity contribution in [3.8, 4) is 0 Å². The number of benzene rings is 1. The molecule has 0 bridgehead atoms. The Balaban J connectivity index is 1.56. The summed E-state index contributed by atoms with van der Waals surface area (Å²) in [5.41, 5.74) is -1.75. The lowest BCUT2D eigenvalue weighted by atomic mass is 9.68. The van der Waals surface area contributed by atoms with E-state index in [9.17, 15) is 27.9 Å². The van der Waals surface area contributed by atoms with E-state index in [2.05, 4.69) is 41.0 Å². The number of halogens is 3. The van der Waals surface area contributed by atoms with Gasteiger partial charge < -0.3 is 15.3 Å². The van der Waals surface area contributed by atoms with Gasteiger partial charge in [0, 0.05) is 29.6 Å². The molecule has 1 aromatic carbocycles. The molecule has 4 atom stereocenters. The highest BCUT2D eigenvalue weighted by molar-refractivity contribution is 5.93. The SMILES string of the molecule is CN(C1CCC(N2CC[C@H](Nc3ncnc4ccc(C(F)(F)F)cc34)C2=O)C(C)(C(=O)O)C1)C(C)(C)C. The van der Waals surface area contributed by atoms with Crippen molar-refractivity contribution < 1.29 is 27.9 Å². The number of hydrogen-bond acceptors (Lipinski definition) is 6. The molecule has 2 fully saturated rings. The first-order valence-electron chi connectivity index (χ1n) is 12.5. The normalized spacial score (nSPS) is 27.2. The van der Waals surface area contributed by atoms with Crippen LogP contribution in [0.4, 0.5) is 19.0 Å². The zero-order chi connectivity index (χ0) is 27.3. The summed E-state index contributed by atoms with van der Waals surface area (Å²) in [4.78, 5) is 38.0. The number of rotatable bonds is 5. The monoisotopic (exact) mass is 521 g/mol. The maximum absolute atomic E-state index is 13.5. The summed E-state index contributed by atoms with van der Waals surface area (Å²) in [7, 11) is 2.00. The number of fused-ring (bicyclic) bond motifs is 1. The number of nitrogens with one attached hydrogen (secondary N) is 1. The van der Waals surface area contributed by atoms with Crippen molar-refractivity contribution in [1.82, 2.24) is 19.8 Å². The molecule has 0 radical (unpaired) electrons. The van der Waals surface area contributed by atoms with Gasteiger partial charge in [-0.15, -0.1) is 0 Å². The van der Waals surface area contributed by atoms with E-state index in [4.69, 9.17) is 0 Å². The van der Waals surface area contributed by atoms with Crippen LogP contribution in [0, 0.1) is 5.41 Å². The third-order valence-electron chi connectivity index (χ3n) is 8.15. The molecule has 8 nitrogen and oxygen atoms in total. The molecule has 0 spiro atoms. The molecule has 11 heteroatoms. The van der Waals surface area contributed by atoms with Gasteiger partial charge in [-0.05, 0) is 78.6 Å². The second kappa shape index (κ2) is 9.41. The van der Waals surface area contributed by atoms with E-state index >= 15 is 0 Å². The molecule has 1 aromatic heterocycles. The van der Waals surface area contributed by atoms with Gasteiger partial charge in [0.15, 0.2) is 0 Å². The minimum absolute atomic E-state index is 0.0687. The largest absolute Gasteiger partial charge is 0.481 e. The summed E-state index contributed by atoms with van der Waals surface area (Å²) in [5, 5.41) is 13.4. The fourth-order valence-corrected chi connectivity index (χ4v) is 5.66. The quantitative estimate of drug-likeness (QED) is 0.602. The Hall–Kier alpha value is -2.95. The van der Waals surface area contributed by atoms with Crippen LogP contribution in [0.5, 0.6) is 0 Å². The predicted octanol–water partition coefficient (Wildman–Crippen LogP) is 4.40. The molecule has 1 aliphatic heterocycles. The fourth-order valence-electron chi connectivity index (χ4n) is 5.66. The van der Waals surface area contributed by atoms with Crippen molar-refractivity contribution in [3.63, 3.8) is 0 Å². The zero-order valence-corrected chi connectivity index (χ0v) is 21.8. The van der Waals surface area contributed by atoms with Crippen LogP contribution in [-0.4, -0.2) is 74.0 Å². The first-order chi connectivity index (χ1) is 17.1. The van der Waals surface area contributed by atoms with Crippen LogP contribution in [0.2, 0.25) is 0 Å². The van der Waals surface area contributed by atoms with Gasteiger partial charge in [0.1, 0.15) is 18.2 Å². The third kappa shape index (κ3) is 5.10. The van der Waals surface area contributed by atoms with Crippen LogP contribution in [0.3, 0.4) is 0 Å². The summed E-state index contributed by atoms with van der Waals surface area (Å²) < 4.78 is 39.8. The fraction of sp³-hybridized carbons (Fsp3) is 0.615. The van der Waals surface area contributed by atoms with E-state index in [0.29, 0.717) is 31.3 Å². The van der Waals surface area contributed by atoms with Crippen LogP contribution in [0.15, 0.2) is 24.5 Å². The number of hydrogen-bond donors (Lipinski definition) is 2. The number of aliphatic carboxylic acids is 1. The van der Waals surface area contributed by atoms with Gasteiger partial charge in [0.2, 0.25) is 5.91 Å². The first-order valence-corrected chi connectivity index (χ1v) is 12.5. The number of alkyl halides is 3. The van der Waals surface area contributed by atoms with Gasteiger partial charge in [-0.2, -0.15) is 13.2 Å². The molecule has 2 aliphatic rings. The molecule has 202 valence electrons. The Morgan fingerprint density at radius 1 is 1.19 bits per heavy atom. The molecule has 1 saturated carbocycles. The molecule has 1 amide bonds. The van der Waals surface area contributed by atoms with Gasteiger partial charge in [0.25, 0.3) is 0 Å². The van der Waals surface area contributed by atoms with E-state index in [1.807, 2.05) is 7.05 Å². The Bertz CT molecular complexity index is 1200. The molecule has 1 aliphatic carbocycles. The molecular weight excluding hydrogens is 487 g/mol. The van der Waals surface area contributed by atoms with Crippen molar-refractivity contribution in [3.05, 3.63) is 30.1 Å². The molecule has 4 rings (SSSR count). The number of carbonyl (C=O) groups is 2. The first kappa shape index (κ1) is 27.1. The summed E-state index contributed by atoms with van der Waals surface area (Å²) in [6.07, 6.45) is -1.16. The Kier molecular flexibility index (Phi) is 6.89. The molecular formula is C26H34F3N5O3.